The molecule has 0 saturated carbocycles. The van der Waals surface area contributed by atoms with Crippen LogP contribution in [0, 0.1) is 0 Å². The first kappa shape index (κ1) is 28.0. The van der Waals surface area contributed by atoms with Crippen LogP contribution in [0.2, 0.25) is 0 Å². The highest BCUT2D eigenvalue weighted by atomic mass is 19.3. The van der Waals surface area contributed by atoms with Gasteiger partial charge in [-0.2, -0.15) is 8.78 Å². The third-order valence-electron chi connectivity index (χ3n) is 6.29. The number of rotatable bonds is 8. The lowest BCUT2D eigenvalue weighted by Gasteiger charge is -2.19. The van der Waals surface area contributed by atoms with E-state index in [1.54, 1.807) is 6.08 Å². The molecule has 2 aromatic rings. The van der Waals surface area contributed by atoms with Gasteiger partial charge in [-0.3, -0.25) is 9.59 Å². The van der Waals surface area contributed by atoms with Crippen LogP contribution in [0.15, 0.2) is 66.7 Å². The molecule has 0 bridgehead atoms. The van der Waals surface area contributed by atoms with Gasteiger partial charge in [-0.05, 0) is 48.9 Å². The first-order valence-electron chi connectivity index (χ1n) is 12.4. The number of fused-ring (bicyclic) bond motifs is 1. The number of carbonyl (C=O) groups is 3. The summed E-state index contributed by atoms with van der Waals surface area (Å²) < 4.78 is 22.5. The van der Waals surface area contributed by atoms with Crippen molar-refractivity contribution < 1.29 is 28.3 Å². The van der Waals surface area contributed by atoms with Crippen molar-refractivity contribution in [1.82, 2.24) is 15.5 Å². The molecular formula is C28H33F2N3O4. The number of aliphatic carboxylic acids is 1. The van der Waals surface area contributed by atoms with Gasteiger partial charge in [0.15, 0.2) is 0 Å². The monoisotopic (exact) mass is 513 g/mol. The van der Waals surface area contributed by atoms with Crippen LogP contribution in [0.4, 0.5) is 8.78 Å². The van der Waals surface area contributed by atoms with E-state index < -0.39 is 11.9 Å². The first-order chi connectivity index (χ1) is 17.6. The quantitative estimate of drug-likeness (QED) is 0.468. The molecule has 37 heavy (non-hydrogen) atoms. The Hall–Kier alpha value is -3.59. The number of carboxylic acid groups (broad SMARTS) is 1. The number of alkyl halides is 2. The molecule has 3 N–H and O–H groups in total. The molecule has 0 spiro atoms. The average molecular weight is 514 g/mol. The van der Waals surface area contributed by atoms with Crippen LogP contribution >= 0.6 is 0 Å². The largest absolute Gasteiger partial charge is 0.477 e. The zero-order valence-electron chi connectivity index (χ0n) is 20.8. The molecule has 4 rings (SSSR count). The van der Waals surface area contributed by atoms with Crippen LogP contribution in [0.5, 0.6) is 0 Å². The van der Waals surface area contributed by atoms with Gasteiger partial charge in [0, 0.05) is 32.1 Å². The molecule has 0 aromatic heterocycles. The zero-order chi connectivity index (χ0) is 26.8. The number of carbonyl (C=O) groups excluding carboxylic acids is 2. The van der Waals surface area contributed by atoms with E-state index in [0.29, 0.717) is 20.0 Å². The van der Waals surface area contributed by atoms with E-state index in [0.717, 1.165) is 32.2 Å². The Morgan fingerprint density at radius 3 is 2.24 bits per heavy atom. The summed E-state index contributed by atoms with van der Waals surface area (Å²) >= 11 is 0. The number of amides is 2. The van der Waals surface area contributed by atoms with Crippen molar-refractivity contribution in [1.29, 1.82) is 0 Å². The maximum absolute atomic E-state index is 12.7. The maximum Gasteiger partial charge on any atom is 0.374 e. The van der Waals surface area contributed by atoms with Crippen molar-refractivity contribution in [3.05, 3.63) is 83.4 Å². The molecular weight excluding hydrogens is 480 g/mol. The van der Waals surface area contributed by atoms with E-state index >= 15 is 0 Å². The van der Waals surface area contributed by atoms with Crippen molar-refractivity contribution in [2.45, 2.75) is 63.7 Å². The topological polar surface area (TPSA) is 98.7 Å². The fourth-order valence-corrected chi connectivity index (χ4v) is 4.17. The Morgan fingerprint density at radius 2 is 1.70 bits per heavy atom. The number of halogens is 2. The summed E-state index contributed by atoms with van der Waals surface area (Å²) in [6.45, 7) is 2.50. The fourth-order valence-electron chi connectivity index (χ4n) is 4.17. The molecule has 2 amide bonds. The van der Waals surface area contributed by atoms with E-state index in [-0.39, 0.29) is 23.9 Å². The number of aryl methyl sites for hydroxylation is 1. The summed E-state index contributed by atoms with van der Waals surface area (Å²) in [7, 11) is 0. The highest BCUT2D eigenvalue weighted by Gasteiger charge is 2.31. The highest BCUT2D eigenvalue weighted by molar-refractivity contribution is 5.88. The number of nitrogens with zero attached hydrogens (tertiary/aromatic N) is 1. The van der Waals surface area contributed by atoms with Crippen LogP contribution in [0.3, 0.4) is 0 Å². The zero-order valence-corrected chi connectivity index (χ0v) is 20.8. The lowest BCUT2D eigenvalue weighted by atomic mass is 10.0. The van der Waals surface area contributed by atoms with Gasteiger partial charge in [-0.25, -0.2) is 4.79 Å². The SMILES string of the molecule is CC(F)(F)C(=O)O.O=C(N[C@H](/C=C/C(=O)N1Cc2ccccc2C1)CCc1ccccc1)[C@@H]1CCCN1. The molecule has 9 heteroatoms. The number of benzene rings is 2. The number of nitrogens with one attached hydrogen (secondary N) is 2. The molecule has 0 unspecified atom stereocenters. The van der Waals surface area contributed by atoms with Gasteiger partial charge in [-0.1, -0.05) is 60.7 Å². The summed E-state index contributed by atoms with van der Waals surface area (Å²) in [5.74, 6) is -5.66. The van der Waals surface area contributed by atoms with Crippen molar-refractivity contribution in [2.24, 2.45) is 0 Å². The first-order valence-corrected chi connectivity index (χ1v) is 12.4. The summed E-state index contributed by atoms with van der Waals surface area (Å²) in [6.07, 6.45) is 6.98. The molecule has 2 aliphatic rings. The summed E-state index contributed by atoms with van der Waals surface area (Å²) in [5, 5.41) is 13.9. The van der Waals surface area contributed by atoms with Crippen LogP contribution in [0.1, 0.15) is 42.9 Å². The normalized spacial score (nSPS) is 17.6. The maximum atomic E-state index is 12.7. The van der Waals surface area contributed by atoms with Gasteiger partial charge in [0.05, 0.1) is 6.04 Å². The van der Waals surface area contributed by atoms with E-state index in [2.05, 4.69) is 34.9 Å². The Bertz CT molecular complexity index is 1070. The van der Waals surface area contributed by atoms with E-state index in [1.165, 1.54) is 16.7 Å². The molecule has 2 atom stereocenters. The minimum absolute atomic E-state index is 0.0100. The molecule has 198 valence electrons. The van der Waals surface area contributed by atoms with E-state index in [1.807, 2.05) is 41.3 Å². The average Bonchev–Trinajstić information content (AvgIpc) is 3.56. The van der Waals surface area contributed by atoms with Crippen LogP contribution in [0.25, 0.3) is 0 Å². The van der Waals surface area contributed by atoms with E-state index in [4.69, 9.17) is 5.11 Å². The lowest BCUT2D eigenvalue weighted by molar-refractivity contribution is -0.161. The molecule has 1 fully saturated rings. The number of hydrogen-bond donors (Lipinski definition) is 3. The van der Waals surface area contributed by atoms with Crippen molar-refractivity contribution in [3.63, 3.8) is 0 Å². The second-order valence-corrected chi connectivity index (χ2v) is 9.30. The van der Waals surface area contributed by atoms with Gasteiger partial charge >= 0.3 is 11.9 Å². The summed E-state index contributed by atoms with van der Waals surface area (Å²) in [4.78, 5) is 36.5. The molecule has 1 saturated heterocycles. The molecule has 7 nitrogen and oxygen atoms in total. The molecule has 0 radical (unpaired) electrons. The van der Waals surface area contributed by atoms with Crippen molar-refractivity contribution >= 4 is 17.8 Å². The highest BCUT2D eigenvalue weighted by Crippen LogP contribution is 2.22. The smallest absolute Gasteiger partial charge is 0.374 e. The second-order valence-electron chi connectivity index (χ2n) is 9.30. The Morgan fingerprint density at radius 1 is 1.11 bits per heavy atom. The molecule has 0 aliphatic carbocycles. The Kier molecular flexibility index (Phi) is 9.91. The minimum atomic E-state index is -3.58. The summed E-state index contributed by atoms with van der Waals surface area (Å²) in [6, 6.07) is 18.1. The van der Waals surface area contributed by atoms with Crippen LogP contribution in [-0.4, -0.2) is 52.3 Å². The number of carboxylic acids is 1. The second kappa shape index (κ2) is 13.1. The molecule has 2 aliphatic heterocycles. The standard InChI is InChI=1S/C25H29N3O2.C3H4F2O2/c29-24(28-17-20-9-4-5-10-21(20)18-28)15-14-22(13-12-19-7-2-1-3-8-19)27-25(30)23-11-6-16-26-23;1-3(4,5)2(6)7/h1-5,7-10,14-15,22-23,26H,6,11-13,16-18H2,(H,27,30);1H3,(H,6,7)/b15-14+;/t22-,23-;/m0./s1. The van der Waals surface area contributed by atoms with Crippen molar-refractivity contribution in [3.8, 4) is 0 Å². The van der Waals surface area contributed by atoms with Crippen LogP contribution in [-0.2, 0) is 33.9 Å². The summed E-state index contributed by atoms with van der Waals surface area (Å²) in [5.41, 5.74) is 3.64. The predicted molar refractivity (Wildman–Crippen MR) is 136 cm³/mol. The number of hydrogen-bond acceptors (Lipinski definition) is 4. The van der Waals surface area contributed by atoms with Gasteiger partial charge in [0.2, 0.25) is 11.8 Å². The third-order valence-corrected chi connectivity index (χ3v) is 6.29. The predicted octanol–water partition coefficient (Wildman–Crippen LogP) is 3.68. The van der Waals surface area contributed by atoms with Gasteiger partial charge < -0.3 is 20.6 Å². The van der Waals surface area contributed by atoms with Crippen molar-refractivity contribution in [2.75, 3.05) is 6.54 Å². The van der Waals surface area contributed by atoms with Crippen LogP contribution < -0.4 is 10.6 Å². The Labute approximate surface area is 215 Å². The van der Waals surface area contributed by atoms with E-state index in [9.17, 15) is 23.2 Å². The molecule has 2 heterocycles. The van der Waals surface area contributed by atoms with Gasteiger partial charge in [-0.15, -0.1) is 0 Å². The lowest BCUT2D eigenvalue weighted by Crippen LogP contribution is -2.44. The molecule has 2 aromatic carbocycles. The Balaban J connectivity index is 0.000000479. The third kappa shape index (κ3) is 8.78. The fraction of sp³-hybridized carbons (Fsp3) is 0.393. The minimum Gasteiger partial charge on any atom is -0.477 e. The van der Waals surface area contributed by atoms with Gasteiger partial charge in [0.1, 0.15) is 0 Å². The van der Waals surface area contributed by atoms with Gasteiger partial charge in [0.25, 0.3) is 0 Å².